The Bertz CT molecular complexity index is 762. The van der Waals surface area contributed by atoms with Crippen LogP contribution in [0.3, 0.4) is 0 Å². The van der Waals surface area contributed by atoms with Gasteiger partial charge in [0, 0.05) is 4.88 Å². The summed E-state index contributed by atoms with van der Waals surface area (Å²) in [5.41, 5.74) is 6.81. The minimum atomic E-state index is -0.401. The molecule has 0 aliphatic carbocycles. The van der Waals surface area contributed by atoms with E-state index in [-0.39, 0.29) is 29.4 Å². The molecule has 1 aromatic carbocycles. The Morgan fingerprint density at radius 1 is 1.32 bits per heavy atom. The van der Waals surface area contributed by atoms with Gasteiger partial charge in [0.15, 0.2) is 4.34 Å². The topological polar surface area (TPSA) is 85.1 Å². The van der Waals surface area contributed by atoms with E-state index in [9.17, 15) is 14.0 Å². The molecule has 134 valence electrons. The molecule has 0 fully saturated rings. The summed E-state index contributed by atoms with van der Waals surface area (Å²) in [7, 11) is 0. The van der Waals surface area contributed by atoms with E-state index in [0.29, 0.717) is 0 Å². The fraction of sp³-hybridized carbons (Fsp3) is 0.353. The van der Waals surface area contributed by atoms with Crippen LogP contribution >= 0.6 is 23.1 Å². The molecule has 5 nitrogen and oxygen atoms in total. The number of primary amides is 1. The van der Waals surface area contributed by atoms with Crippen molar-refractivity contribution in [2.75, 3.05) is 0 Å². The Labute approximate surface area is 154 Å². The summed E-state index contributed by atoms with van der Waals surface area (Å²) < 4.78 is 13.7. The number of rotatable bonds is 7. The van der Waals surface area contributed by atoms with Crippen molar-refractivity contribution in [2.24, 2.45) is 5.73 Å². The number of nitrogens with two attached hydrogens (primary N) is 1. The van der Waals surface area contributed by atoms with Gasteiger partial charge in [-0.1, -0.05) is 23.9 Å². The number of amides is 2. The highest BCUT2D eigenvalue weighted by atomic mass is 32.2. The normalized spacial score (nSPS) is 13.3. The van der Waals surface area contributed by atoms with Gasteiger partial charge in [0.05, 0.1) is 23.4 Å². The highest BCUT2D eigenvalue weighted by molar-refractivity contribution is 8.02. The minimum absolute atomic E-state index is 0.133. The summed E-state index contributed by atoms with van der Waals surface area (Å²) in [6, 6.07) is 5.82. The van der Waals surface area contributed by atoms with Crippen molar-refractivity contribution in [3.8, 4) is 0 Å². The van der Waals surface area contributed by atoms with E-state index < -0.39 is 5.91 Å². The number of benzene rings is 1. The number of thioether (sulfide) groups is 1. The Kier molecular flexibility index (Phi) is 6.55. The first kappa shape index (κ1) is 19.4. The highest BCUT2D eigenvalue weighted by Gasteiger charge is 2.20. The summed E-state index contributed by atoms with van der Waals surface area (Å²) in [6.07, 6.45) is 0.159. The first-order valence-electron chi connectivity index (χ1n) is 7.73. The fourth-order valence-corrected chi connectivity index (χ4v) is 4.54. The van der Waals surface area contributed by atoms with Crippen LogP contribution < -0.4 is 11.1 Å². The second-order valence-electron chi connectivity index (χ2n) is 5.67. The van der Waals surface area contributed by atoms with Gasteiger partial charge in [0.1, 0.15) is 5.82 Å². The van der Waals surface area contributed by atoms with Crippen LogP contribution in [-0.4, -0.2) is 22.0 Å². The molecule has 25 heavy (non-hydrogen) atoms. The van der Waals surface area contributed by atoms with Crippen molar-refractivity contribution in [1.29, 1.82) is 0 Å². The standard InChI is InChI=1S/C17H20FN3O2S2/c1-9(12-4-6-13(18)7-5-12)20-16(23)11(3)24-17-21-10(2)14(25-17)8-15(19)22/h4-7,9,11H,8H2,1-3H3,(H2,19,22)(H,20,23)/t9-,11-/m0/s1. The first-order valence-corrected chi connectivity index (χ1v) is 9.43. The van der Waals surface area contributed by atoms with Gasteiger partial charge in [-0.2, -0.15) is 0 Å². The second kappa shape index (κ2) is 8.44. The molecule has 0 saturated carbocycles. The summed E-state index contributed by atoms with van der Waals surface area (Å²) >= 11 is 2.72. The zero-order valence-electron chi connectivity index (χ0n) is 14.2. The Hall–Kier alpha value is -1.93. The predicted octanol–water partition coefficient (Wildman–Crippen LogP) is 2.98. The van der Waals surface area contributed by atoms with Gasteiger partial charge in [-0.25, -0.2) is 9.37 Å². The van der Waals surface area contributed by atoms with Gasteiger partial charge >= 0.3 is 0 Å². The van der Waals surface area contributed by atoms with Crippen LogP contribution in [0.4, 0.5) is 4.39 Å². The molecule has 8 heteroatoms. The molecular weight excluding hydrogens is 361 g/mol. The molecular formula is C17H20FN3O2S2. The summed E-state index contributed by atoms with van der Waals surface area (Å²) in [5.74, 6) is -0.842. The minimum Gasteiger partial charge on any atom is -0.369 e. The lowest BCUT2D eigenvalue weighted by atomic mass is 10.1. The third kappa shape index (κ3) is 5.54. The molecule has 3 N–H and O–H groups in total. The molecule has 0 spiro atoms. The Morgan fingerprint density at radius 3 is 2.56 bits per heavy atom. The number of hydrogen-bond donors (Lipinski definition) is 2. The van der Waals surface area contributed by atoms with Crippen molar-refractivity contribution < 1.29 is 14.0 Å². The molecule has 0 bridgehead atoms. The van der Waals surface area contributed by atoms with E-state index in [1.807, 2.05) is 13.8 Å². The molecule has 1 aromatic heterocycles. The average molecular weight is 381 g/mol. The van der Waals surface area contributed by atoms with Gasteiger partial charge in [-0.15, -0.1) is 11.3 Å². The average Bonchev–Trinajstić information content (AvgIpc) is 2.86. The fourth-order valence-electron chi connectivity index (χ4n) is 2.14. The van der Waals surface area contributed by atoms with Crippen molar-refractivity contribution in [1.82, 2.24) is 10.3 Å². The molecule has 2 atom stereocenters. The van der Waals surface area contributed by atoms with Gasteiger partial charge in [0.25, 0.3) is 0 Å². The lowest BCUT2D eigenvalue weighted by Crippen LogP contribution is -2.33. The van der Waals surface area contributed by atoms with Gasteiger partial charge in [-0.3, -0.25) is 9.59 Å². The third-order valence-corrected chi connectivity index (χ3v) is 5.93. The van der Waals surface area contributed by atoms with E-state index in [1.165, 1.54) is 35.2 Å². The maximum Gasteiger partial charge on any atom is 0.233 e. The van der Waals surface area contributed by atoms with Crippen LogP contribution in [0.2, 0.25) is 0 Å². The van der Waals surface area contributed by atoms with Crippen LogP contribution in [0.5, 0.6) is 0 Å². The smallest absolute Gasteiger partial charge is 0.233 e. The number of aromatic nitrogens is 1. The molecule has 0 unspecified atom stereocenters. The molecule has 0 saturated heterocycles. The molecule has 2 aromatic rings. The number of nitrogens with one attached hydrogen (secondary N) is 1. The zero-order chi connectivity index (χ0) is 18.6. The van der Waals surface area contributed by atoms with E-state index in [2.05, 4.69) is 10.3 Å². The number of nitrogens with zero attached hydrogens (tertiary/aromatic N) is 1. The molecule has 0 radical (unpaired) electrons. The highest BCUT2D eigenvalue weighted by Crippen LogP contribution is 2.30. The molecule has 0 aliphatic heterocycles. The van der Waals surface area contributed by atoms with Crippen LogP contribution in [0, 0.1) is 12.7 Å². The lowest BCUT2D eigenvalue weighted by molar-refractivity contribution is -0.121. The maximum atomic E-state index is 13.0. The van der Waals surface area contributed by atoms with E-state index >= 15 is 0 Å². The molecule has 1 heterocycles. The van der Waals surface area contributed by atoms with Crippen molar-refractivity contribution in [3.05, 3.63) is 46.2 Å². The van der Waals surface area contributed by atoms with Crippen LogP contribution in [0.25, 0.3) is 0 Å². The number of halogens is 1. The van der Waals surface area contributed by atoms with Crippen molar-refractivity contribution in [2.45, 2.75) is 42.8 Å². The maximum absolute atomic E-state index is 13.0. The van der Waals surface area contributed by atoms with Crippen molar-refractivity contribution in [3.63, 3.8) is 0 Å². The Morgan fingerprint density at radius 2 is 1.96 bits per heavy atom. The molecule has 2 rings (SSSR count). The number of aryl methyl sites for hydroxylation is 1. The second-order valence-corrected chi connectivity index (χ2v) is 8.34. The summed E-state index contributed by atoms with van der Waals surface area (Å²) in [4.78, 5) is 28.6. The number of carbonyl (C=O) groups excluding carboxylic acids is 2. The zero-order valence-corrected chi connectivity index (χ0v) is 15.8. The first-order chi connectivity index (χ1) is 11.8. The largest absolute Gasteiger partial charge is 0.369 e. The lowest BCUT2D eigenvalue weighted by Gasteiger charge is -2.17. The number of carbonyl (C=O) groups is 2. The van der Waals surface area contributed by atoms with Crippen molar-refractivity contribution >= 4 is 34.9 Å². The van der Waals surface area contributed by atoms with Gasteiger partial charge < -0.3 is 11.1 Å². The van der Waals surface area contributed by atoms with Gasteiger partial charge in [0.2, 0.25) is 11.8 Å². The van der Waals surface area contributed by atoms with Crippen LogP contribution in [-0.2, 0) is 16.0 Å². The molecule has 0 aliphatic rings. The monoisotopic (exact) mass is 381 g/mol. The van der Waals surface area contributed by atoms with E-state index in [1.54, 1.807) is 19.1 Å². The van der Waals surface area contributed by atoms with E-state index in [0.717, 1.165) is 20.5 Å². The summed E-state index contributed by atoms with van der Waals surface area (Å²) in [6.45, 7) is 5.46. The third-order valence-electron chi connectivity index (χ3n) is 3.58. The van der Waals surface area contributed by atoms with Crippen LogP contribution in [0.1, 0.15) is 36.0 Å². The van der Waals surface area contributed by atoms with E-state index in [4.69, 9.17) is 5.73 Å². The van der Waals surface area contributed by atoms with Gasteiger partial charge in [-0.05, 0) is 38.5 Å². The predicted molar refractivity (Wildman–Crippen MR) is 98.0 cm³/mol. The number of hydrogen-bond acceptors (Lipinski definition) is 5. The summed E-state index contributed by atoms with van der Waals surface area (Å²) in [5, 5.41) is 2.56. The number of thiazole rings is 1. The SMILES string of the molecule is Cc1nc(S[C@@H](C)C(=O)N[C@@H](C)c2ccc(F)cc2)sc1CC(N)=O. The quantitative estimate of drug-likeness (QED) is 0.722. The Balaban J connectivity index is 1.95. The molecule has 2 amide bonds. The van der Waals surface area contributed by atoms with Crippen LogP contribution in [0.15, 0.2) is 28.6 Å².